The molecule has 0 radical (unpaired) electrons. The fourth-order valence-electron chi connectivity index (χ4n) is 1.96. The van der Waals surface area contributed by atoms with Gasteiger partial charge in [0.15, 0.2) is 5.82 Å². The van der Waals surface area contributed by atoms with Crippen LogP contribution in [0.15, 0.2) is 12.3 Å². The Balaban J connectivity index is 2.45. The number of nitrogens with zero attached hydrogens (tertiary/aromatic N) is 2. The second kappa shape index (κ2) is 6.06. The van der Waals surface area contributed by atoms with E-state index in [4.69, 9.17) is 0 Å². The molecule has 19 heavy (non-hydrogen) atoms. The van der Waals surface area contributed by atoms with E-state index < -0.39 is 6.10 Å². The number of aryl methyl sites for hydroxylation is 1. The van der Waals surface area contributed by atoms with Gasteiger partial charge in [-0.05, 0) is 5.92 Å². The van der Waals surface area contributed by atoms with E-state index in [1.54, 1.807) is 24.0 Å². The van der Waals surface area contributed by atoms with Crippen LogP contribution in [0.5, 0.6) is 0 Å². The maximum Gasteiger partial charge on any atom is 0.320 e. The highest BCUT2D eigenvalue weighted by molar-refractivity contribution is 5.88. The van der Waals surface area contributed by atoms with Gasteiger partial charge in [0.1, 0.15) is 0 Å². The molecule has 1 unspecified atom stereocenters. The molecule has 0 aromatic carbocycles. The molecule has 6 nitrogen and oxygen atoms in total. The highest BCUT2D eigenvalue weighted by atomic mass is 16.3. The maximum absolute atomic E-state index is 11.7. The SMILES string of the molecule is CC(C)C(O)C(C)(C)CNC(=O)Nc1ccn(C)n1. The van der Waals surface area contributed by atoms with Crippen molar-refractivity contribution in [3.8, 4) is 0 Å². The summed E-state index contributed by atoms with van der Waals surface area (Å²) in [6.45, 7) is 8.17. The molecule has 0 aliphatic rings. The van der Waals surface area contributed by atoms with E-state index in [9.17, 15) is 9.90 Å². The number of carbonyl (C=O) groups is 1. The van der Waals surface area contributed by atoms with E-state index in [-0.39, 0.29) is 17.4 Å². The summed E-state index contributed by atoms with van der Waals surface area (Å²) in [5, 5.41) is 19.5. The lowest BCUT2D eigenvalue weighted by molar-refractivity contribution is 0.0154. The number of aliphatic hydroxyl groups excluding tert-OH is 1. The fourth-order valence-corrected chi connectivity index (χ4v) is 1.96. The molecule has 1 rings (SSSR count). The Morgan fingerprint density at radius 2 is 2.16 bits per heavy atom. The van der Waals surface area contributed by atoms with Crippen LogP contribution in [0.2, 0.25) is 0 Å². The molecule has 1 aromatic heterocycles. The zero-order chi connectivity index (χ0) is 14.6. The molecule has 0 spiro atoms. The Morgan fingerprint density at radius 1 is 1.53 bits per heavy atom. The molecule has 0 aliphatic carbocycles. The number of aromatic nitrogens is 2. The van der Waals surface area contributed by atoms with E-state index in [0.29, 0.717) is 12.4 Å². The van der Waals surface area contributed by atoms with Crippen LogP contribution in [0.25, 0.3) is 0 Å². The lowest BCUT2D eigenvalue weighted by atomic mass is 9.81. The van der Waals surface area contributed by atoms with Crippen LogP contribution in [-0.4, -0.2) is 33.6 Å². The number of aliphatic hydroxyl groups is 1. The summed E-state index contributed by atoms with van der Waals surface area (Å²) in [5.74, 6) is 0.651. The van der Waals surface area contributed by atoms with Crippen molar-refractivity contribution in [2.75, 3.05) is 11.9 Å². The molecule has 2 amide bonds. The molecular formula is C13H24N4O2. The zero-order valence-corrected chi connectivity index (χ0v) is 12.3. The van der Waals surface area contributed by atoms with Gasteiger partial charge in [-0.2, -0.15) is 5.10 Å². The lowest BCUT2D eigenvalue weighted by Gasteiger charge is -2.33. The first-order valence-electron chi connectivity index (χ1n) is 6.45. The van der Waals surface area contributed by atoms with E-state index in [2.05, 4.69) is 15.7 Å². The Hall–Kier alpha value is -1.56. The molecule has 1 atom stereocenters. The van der Waals surface area contributed by atoms with Crippen molar-refractivity contribution < 1.29 is 9.90 Å². The predicted octanol–water partition coefficient (Wildman–Crippen LogP) is 1.58. The van der Waals surface area contributed by atoms with Crippen molar-refractivity contribution in [2.24, 2.45) is 18.4 Å². The van der Waals surface area contributed by atoms with Crippen LogP contribution in [-0.2, 0) is 7.05 Å². The van der Waals surface area contributed by atoms with Gasteiger partial charge in [-0.15, -0.1) is 0 Å². The number of urea groups is 1. The first-order chi connectivity index (χ1) is 8.72. The van der Waals surface area contributed by atoms with Crippen molar-refractivity contribution in [1.29, 1.82) is 0 Å². The van der Waals surface area contributed by atoms with Crippen molar-refractivity contribution in [3.63, 3.8) is 0 Å². The van der Waals surface area contributed by atoms with Crippen molar-refractivity contribution >= 4 is 11.8 Å². The Kier molecular flexibility index (Phi) is 4.94. The van der Waals surface area contributed by atoms with E-state index in [1.807, 2.05) is 27.7 Å². The van der Waals surface area contributed by atoms with Crippen LogP contribution in [0, 0.1) is 11.3 Å². The zero-order valence-electron chi connectivity index (χ0n) is 12.3. The fraction of sp³-hybridized carbons (Fsp3) is 0.692. The Labute approximate surface area is 114 Å². The molecule has 1 heterocycles. The third kappa shape index (κ3) is 4.55. The first-order valence-corrected chi connectivity index (χ1v) is 6.45. The van der Waals surface area contributed by atoms with Gasteiger partial charge >= 0.3 is 6.03 Å². The number of anilines is 1. The quantitative estimate of drug-likeness (QED) is 0.758. The molecule has 0 saturated heterocycles. The second-order valence-electron chi connectivity index (χ2n) is 5.86. The van der Waals surface area contributed by atoms with Gasteiger partial charge in [-0.3, -0.25) is 10.00 Å². The minimum absolute atomic E-state index is 0.149. The molecule has 1 aromatic rings. The average molecular weight is 268 g/mol. The summed E-state index contributed by atoms with van der Waals surface area (Å²) in [6, 6.07) is 1.40. The van der Waals surface area contributed by atoms with Gasteiger partial charge in [-0.25, -0.2) is 4.79 Å². The first kappa shape index (κ1) is 15.5. The molecule has 3 N–H and O–H groups in total. The molecule has 0 bridgehead atoms. The van der Waals surface area contributed by atoms with Crippen LogP contribution in [0.4, 0.5) is 10.6 Å². The molecule has 108 valence electrons. The molecule has 0 fully saturated rings. The van der Waals surface area contributed by atoms with Gasteiger partial charge in [-0.1, -0.05) is 27.7 Å². The van der Waals surface area contributed by atoms with Crippen molar-refractivity contribution in [1.82, 2.24) is 15.1 Å². The molecular weight excluding hydrogens is 244 g/mol. The predicted molar refractivity (Wildman–Crippen MR) is 74.9 cm³/mol. The number of rotatable bonds is 5. The number of nitrogens with one attached hydrogen (secondary N) is 2. The van der Waals surface area contributed by atoms with Crippen molar-refractivity contribution in [2.45, 2.75) is 33.8 Å². The monoisotopic (exact) mass is 268 g/mol. The Bertz CT molecular complexity index is 426. The summed E-state index contributed by atoms with van der Waals surface area (Å²) >= 11 is 0. The van der Waals surface area contributed by atoms with Crippen LogP contribution in [0.3, 0.4) is 0 Å². The topological polar surface area (TPSA) is 79.2 Å². The Morgan fingerprint density at radius 3 is 2.63 bits per heavy atom. The average Bonchev–Trinajstić information content (AvgIpc) is 2.71. The van der Waals surface area contributed by atoms with Crippen molar-refractivity contribution in [3.05, 3.63) is 12.3 Å². The third-order valence-electron chi connectivity index (χ3n) is 3.09. The van der Waals surface area contributed by atoms with Gasteiger partial charge in [0.25, 0.3) is 0 Å². The highest BCUT2D eigenvalue weighted by Gasteiger charge is 2.30. The maximum atomic E-state index is 11.7. The molecule has 0 saturated carbocycles. The summed E-state index contributed by atoms with van der Waals surface area (Å²) in [6.07, 6.45) is 1.28. The van der Waals surface area contributed by atoms with Crippen LogP contribution in [0.1, 0.15) is 27.7 Å². The van der Waals surface area contributed by atoms with Crippen LogP contribution >= 0.6 is 0 Å². The second-order valence-corrected chi connectivity index (χ2v) is 5.86. The van der Waals surface area contributed by atoms with E-state index >= 15 is 0 Å². The minimum atomic E-state index is -0.470. The largest absolute Gasteiger partial charge is 0.392 e. The molecule has 0 aliphatic heterocycles. The minimum Gasteiger partial charge on any atom is -0.392 e. The number of hydrogen-bond donors (Lipinski definition) is 3. The smallest absolute Gasteiger partial charge is 0.320 e. The summed E-state index contributed by atoms with van der Waals surface area (Å²) in [5.41, 5.74) is -0.379. The third-order valence-corrected chi connectivity index (χ3v) is 3.09. The lowest BCUT2D eigenvalue weighted by Crippen LogP contribution is -2.44. The normalized spacial score (nSPS) is 13.4. The van der Waals surface area contributed by atoms with E-state index in [1.165, 1.54) is 0 Å². The van der Waals surface area contributed by atoms with Gasteiger partial charge in [0.05, 0.1) is 6.10 Å². The summed E-state index contributed by atoms with van der Waals surface area (Å²) in [7, 11) is 1.78. The van der Waals surface area contributed by atoms with Gasteiger partial charge in [0, 0.05) is 31.3 Å². The summed E-state index contributed by atoms with van der Waals surface area (Å²) < 4.78 is 1.61. The van der Waals surface area contributed by atoms with Crippen LogP contribution < -0.4 is 10.6 Å². The standard InChI is InChI=1S/C13H24N4O2/c1-9(2)11(18)13(3,4)8-14-12(19)15-10-6-7-17(5)16-10/h6-7,9,11,18H,8H2,1-5H3,(H2,14,15,16,19). The van der Waals surface area contributed by atoms with E-state index in [0.717, 1.165) is 0 Å². The highest BCUT2D eigenvalue weighted by Crippen LogP contribution is 2.25. The van der Waals surface area contributed by atoms with Gasteiger partial charge in [0.2, 0.25) is 0 Å². The number of carbonyl (C=O) groups excluding carboxylic acids is 1. The number of amides is 2. The summed E-state index contributed by atoms with van der Waals surface area (Å²) in [4.78, 5) is 11.7. The number of hydrogen-bond acceptors (Lipinski definition) is 3. The molecule has 6 heteroatoms. The van der Waals surface area contributed by atoms with Gasteiger partial charge < -0.3 is 10.4 Å².